The molecule has 208 valence electrons. The second-order valence-corrected chi connectivity index (χ2v) is 13.8. The van der Waals surface area contributed by atoms with E-state index < -0.39 is 63.7 Å². The third-order valence-electron chi connectivity index (χ3n) is 10.6. The van der Waals surface area contributed by atoms with Gasteiger partial charge in [-0.1, -0.05) is 40.7 Å². The van der Waals surface area contributed by atoms with Gasteiger partial charge in [0.15, 0.2) is 11.6 Å². The van der Waals surface area contributed by atoms with Crippen molar-refractivity contribution in [1.82, 2.24) is 0 Å². The lowest BCUT2D eigenvalue weighted by molar-refractivity contribution is -0.443. The fourth-order valence-electron chi connectivity index (χ4n) is 9.36. The third kappa shape index (κ3) is 2.62. The van der Waals surface area contributed by atoms with Crippen molar-refractivity contribution >= 4 is 5.97 Å². The molecule has 9 nitrogen and oxygen atoms in total. The summed E-state index contributed by atoms with van der Waals surface area (Å²) in [4.78, 5) is 12.8. The van der Waals surface area contributed by atoms with E-state index in [0.29, 0.717) is 12.0 Å². The summed E-state index contributed by atoms with van der Waals surface area (Å²) >= 11 is 0. The van der Waals surface area contributed by atoms with Gasteiger partial charge in [0.25, 0.3) is 0 Å². The molecule has 5 bridgehead atoms. The predicted molar refractivity (Wildman–Crippen MR) is 131 cm³/mol. The van der Waals surface area contributed by atoms with Crippen LogP contribution in [0.25, 0.3) is 0 Å². The zero-order valence-electron chi connectivity index (χ0n) is 23.1. The van der Waals surface area contributed by atoms with Gasteiger partial charge in [0.1, 0.15) is 17.8 Å². The number of fused-ring (bicyclic) bond motifs is 2. The summed E-state index contributed by atoms with van der Waals surface area (Å²) < 4.78 is 39.3. The molecule has 5 fully saturated rings. The second-order valence-electron chi connectivity index (χ2n) is 13.8. The van der Waals surface area contributed by atoms with Crippen LogP contribution in [-0.4, -0.2) is 57.0 Å². The largest absolute Gasteiger partial charge is 0.472 e. The number of aliphatic hydroxyl groups is 2. The van der Waals surface area contributed by atoms with E-state index in [4.69, 9.17) is 28.1 Å². The molecule has 5 heterocycles. The van der Waals surface area contributed by atoms with Crippen LogP contribution in [0.3, 0.4) is 0 Å². The molecular formula is C29H38O9. The van der Waals surface area contributed by atoms with Gasteiger partial charge in [-0.2, -0.15) is 0 Å². The van der Waals surface area contributed by atoms with Gasteiger partial charge in [-0.05, 0) is 18.6 Å². The number of furan rings is 1. The maximum atomic E-state index is 12.8. The summed E-state index contributed by atoms with van der Waals surface area (Å²) in [6.45, 7) is 13.2. The number of rotatable bonds is 3. The minimum Gasteiger partial charge on any atom is -0.472 e. The minimum atomic E-state index is -2.02. The smallest absolute Gasteiger partial charge is 0.303 e. The van der Waals surface area contributed by atoms with Gasteiger partial charge in [0.05, 0.1) is 18.6 Å². The molecule has 0 aromatic carbocycles. The van der Waals surface area contributed by atoms with Gasteiger partial charge in [-0.15, -0.1) is 0 Å². The van der Waals surface area contributed by atoms with Gasteiger partial charge >= 0.3 is 5.97 Å². The number of hydrogen-bond donors (Lipinski definition) is 2. The molecule has 9 heteroatoms. The van der Waals surface area contributed by atoms with Gasteiger partial charge in [-0.25, -0.2) is 0 Å². The molecule has 2 N–H and O–H groups in total. The van der Waals surface area contributed by atoms with Crippen LogP contribution >= 0.6 is 0 Å². The van der Waals surface area contributed by atoms with Crippen molar-refractivity contribution in [2.45, 2.75) is 115 Å². The molecule has 1 aromatic heterocycles. The Balaban J connectivity index is 1.56. The van der Waals surface area contributed by atoms with Crippen LogP contribution in [0.2, 0.25) is 0 Å². The number of carbonyl (C=O) groups excluding carboxylic acids is 1. The Morgan fingerprint density at radius 3 is 2.47 bits per heavy atom. The van der Waals surface area contributed by atoms with Crippen LogP contribution in [0.15, 0.2) is 34.7 Å². The Bertz CT molecular complexity index is 1240. The van der Waals surface area contributed by atoms with Crippen molar-refractivity contribution in [2.75, 3.05) is 0 Å². The van der Waals surface area contributed by atoms with Crippen LogP contribution in [0.5, 0.6) is 0 Å². The van der Waals surface area contributed by atoms with E-state index in [1.54, 1.807) is 19.5 Å². The summed E-state index contributed by atoms with van der Waals surface area (Å²) in [7, 11) is 0. The summed E-state index contributed by atoms with van der Waals surface area (Å²) in [5, 5.41) is 24.8. The molecule has 0 amide bonds. The maximum Gasteiger partial charge on any atom is 0.303 e. The normalized spacial score (nSPS) is 53.5. The van der Waals surface area contributed by atoms with Crippen molar-refractivity contribution < 1.29 is 43.1 Å². The van der Waals surface area contributed by atoms with Crippen molar-refractivity contribution in [3.63, 3.8) is 0 Å². The molecule has 38 heavy (non-hydrogen) atoms. The van der Waals surface area contributed by atoms with Gasteiger partial charge < -0.3 is 38.3 Å². The highest BCUT2D eigenvalue weighted by atomic mass is 16.8. The summed E-state index contributed by atoms with van der Waals surface area (Å²) in [5.74, 6) is -5.65. The van der Waals surface area contributed by atoms with E-state index in [0.717, 1.165) is 5.56 Å². The lowest BCUT2D eigenvalue weighted by Gasteiger charge is -2.68. The van der Waals surface area contributed by atoms with Crippen LogP contribution in [-0.2, 0) is 28.5 Å². The van der Waals surface area contributed by atoms with E-state index in [9.17, 15) is 15.0 Å². The fraction of sp³-hybridized carbons (Fsp3) is 0.759. The molecule has 10 atom stereocenters. The predicted octanol–water partition coefficient (Wildman–Crippen LogP) is 3.74. The SMILES string of the molecule is CC(=O)O[C@@]12[C@@H]3O[C@@]4(O)C[C@]5(C)[C@H]6C[C@](C(C)C)(O[C@H]5c5ccoc5)O[C@H]1[C@]6(C4)O[C@]2(O)C(C)=CC3(C)C. The molecule has 4 saturated heterocycles. The topological polar surface area (TPSA) is 117 Å². The average Bonchev–Trinajstić information content (AvgIpc) is 3.36. The van der Waals surface area contributed by atoms with Gasteiger partial charge in [0.2, 0.25) is 11.4 Å². The number of carbonyl (C=O) groups is 1. The lowest BCUT2D eigenvalue weighted by Crippen LogP contribution is -2.76. The molecule has 0 radical (unpaired) electrons. The van der Waals surface area contributed by atoms with Crippen LogP contribution in [0.1, 0.15) is 79.4 Å². The first-order chi connectivity index (χ1) is 17.6. The minimum absolute atomic E-state index is 0.0718. The first-order valence-corrected chi connectivity index (χ1v) is 13.7. The molecule has 1 saturated carbocycles. The van der Waals surface area contributed by atoms with Crippen LogP contribution in [0.4, 0.5) is 0 Å². The van der Waals surface area contributed by atoms with Crippen molar-refractivity contribution in [2.24, 2.45) is 22.7 Å². The highest BCUT2D eigenvalue weighted by Crippen LogP contribution is 2.76. The Morgan fingerprint density at radius 2 is 1.84 bits per heavy atom. The molecule has 1 spiro atoms. The van der Waals surface area contributed by atoms with E-state index in [1.807, 2.05) is 39.8 Å². The summed E-state index contributed by atoms with van der Waals surface area (Å²) in [5.41, 5.74) is -3.08. The highest BCUT2D eigenvalue weighted by molar-refractivity contribution is 5.68. The molecular weight excluding hydrogens is 492 g/mol. The molecule has 0 unspecified atom stereocenters. The molecule has 6 aliphatic rings. The standard InChI is InChI=1S/C29H38O9/c1-15(2)27-11-19-24(7,20(35-27)18-8-9-33-12-18)13-25(31)14-26(19)22(37-27)28(34-17(4)30)21(36-25)23(5,6)10-16(3)29(28,32)38-26/h8-10,12,15,19-22,31-32H,11,13-14H2,1-7H3/t19-,20+,21-,22+,24-,25+,26-,27+,28+,29-/m1/s1. The van der Waals surface area contributed by atoms with E-state index in [1.165, 1.54) is 6.92 Å². The van der Waals surface area contributed by atoms with Crippen molar-refractivity contribution in [3.05, 3.63) is 35.8 Å². The quantitative estimate of drug-likeness (QED) is 0.445. The Labute approximate surface area is 222 Å². The molecule has 2 aliphatic carbocycles. The number of hydrogen-bond acceptors (Lipinski definition) is 9. The highest BCUT2D eigenvalue weighted by Gasteiger charge is 2.90. The Hall–Kier alpha value is -1.75. The monoisotopic (exact) mass is 530 g/mol. The third-order valence-corrected chi connectivity index (χ3v) is 10.6. The zero-order chi connectivity index (χ0) is 27.3. The van der Waals surface area contributed by atoms with Gasteiger partial charge in [0, 0.05) is 54.4 Å². The maximum absolute atomic E-state index is 12.8. The van der Waals surface area contributed by atoms with Crippen molar-refractivity contribution in [1.29, 1.82) is 0 Å². The second kappa shape index (κ2) is 6.93. The summed E-state index contributed by atoms with van der Waals surface area (Å²) in [6.07, 6.45) is 3.57. The van der Waals surface area contributed by atoms with E-state index >= 15 is 0 Å². The fourth-order valence-corrected chi connectivity index (χ4v) is 9.36. The summed E-state index contributed by atoms with van der Waals surface area (Å²) in [6, 6.07) is 1.88. The Kier molecular flexibility index (Phi) is 4.60. The molecule has 7 rings (SSSR count). The molecule has 1 aromatic rings. The average molecular weight is 531 g/mol. The van der Waals surface area contributed by atoms with Crippen LogP contribution in [0, 0.1) is 22.7 Å². The first kappa shape index (κ1) is 25.2. The lowest BCUT2D eigenvalue weighted by atomic mass is 9.49. The number of ether oxygens (including phenoxy) is 5. The first-order valence-electron chi connectivity index (χ1n) is 13.7. The molecule has 4 aliphatic heterocycles. The Morgan fingerprint density at radius 1 is 1.11 bits per heavy atom. The van der Waals surface area contributed by atoms with E-state index in [2.05, 4.69) is 6.92 Å². The van der Waals surface area contributed by atoms with E-state index in [-0.39, 0.29) is 24.7 Å². The number of esters is 1. The van der Waals surface area contributed by atoms with Gasteiger partial charge in [-0.3, -0.25) is 4.79 Å². The van der Waals surface area contributed by atoms with Crippen LogP contribution < -0.4 is 0 Å². The zero-order valence-corrected chi connectivity index (χ0v) is 23.1. The van der Waals surface area contributed by atoms with Crippen molar-refractivity contribution in [3.8, 4) is 0 Å².